The van der Waals surface area contributed by atoms with E-state index < -0.39 is 0 Å². The highest BCUT2D eigenvalue weighted by atomic mass is 32.1. The zero-order valence-corrected chi connectivity index (χ0v) is 11.2. The number of H-pyrrole nitrogens is 1. The molecule has 0 atom stereocenters. The molecule has 0 radical (unpaired) electrons. The first kappa shape index (κ1) is 12.0. The van der Waals surface area contributed by atoms with Gasteiger partial charge in [0.1, 0.15) is 4.64 Å². The van der Waals surface area contributed by atoms with E-state index in [1.54, 1.807) is 6.92 Å². The van der Waals surface area contributed by atoms with Crippen LogP contribution in [0.5, 0.6) is 0 Å². The van der Waals surface area contributed by atoms with Gasteiger partial charge in [-0.2, -0.15) is 0 Å². The van der Waals surface area contributed by atoms with Crippen LogP contribution in [0.1, 0.15) is 36.6 Å². The third-order valence-electron chi connectivity index (χ3n) is 3.04. The third-order valence-corrected chi connectivity index (χ3v) is 3.37. The Kier molecular flexibility index (Phi) is 2.87. The van der Waals surface area contributed by atoms with Gasteiger partial charge in [-0.05, 0) is 19.8 Å². The standard InChI is InChI=1S/C12H15N3OS/c1-6(2)9-5-15-8(4)7(3)10(16)13-12(15)14-11(9)17/h5-6H,1-4H3,(H,13,14,16,17). The molecular formula is C12H15N3OS. The molecule has 0 spiro atoms. The van der Waals surface area contributed by atoms with Crippen LogP contribution in [0.15, 0.2) is 11.0 Å². The van der Waals surface area contributed by atoms with Gasteiger partial charge in [0.15, 0.2) is 0 Å². The van der Waals surface area contributed by atoms with Crippen molar-refractivity contribution in [3.63, 3.8) is 0 Å². The lowest BCUT2D eigenvalue weighted by Gasteiger charge is -2.11. The molecule has 0 aliphatic rings. The quantitative estimate of drug-likeness (QED) is 0.790. The molecule has 0 aliphatic carbocycles. The van der Waals surface area contributed by atoms with Crippen LogP contribution < -0.4 is 5.56 Å². The van der Waals surface area contributed by atoms with Crippen LogP contribution in [0.25, 0.3) is 5.78 Å². The van der Waals surface area contributed by atoms with Gasteiger partial charge in [0, 0.05) is 23.0 Å². The van der Waals surface area contributed by atoms with E-state index in [0.717, 1.165) is 11.3 Å². The van der Waals surface area contributed by atoms with Crippen molar-refractivity contribution in [2.75, 3.05) is 0 Å². The van der Waals surface area contributed by atoms with E-state index in [0.29, 0.717) is 21.9 Å². The van der Waals surface area contributed by atoms with Crippen LogP contribution in [0.2, 0.25) is 0 Å². The molecule has 1 N–H and O–H groups in total. The Hall–Kier alpha value is -1.49. The summed E-state index contributed by atoms with van der Waals surface area (Å²) in [5.41, 5.74) is 2.51. The zero-order valence-electron chi connectivity index (χ0n) is 10.4. The van der Waals surface area contributed by atoms with Gasteiger partial charge < -0.3 is 0 Å². The number of fused-ring (bicyclic) bond motifs is 1. The van der Waals surface area contributed by atoms with Crippen LogP contribution >= 0.6 is 12.2 Å². The molecule has 90 valence electrons. The van der Waals surface area contributed by atoms with E-state index in [9.17, 15) is 4.79 Å². The van der Waals surface area contributed by atoms with E-state index in [-0.39, 0.29) is 5.56 Å². The first-order valence-corrected chi connectivity index (χ1v) is 5.95. The minimum Gasteiger partial charge on any atom is -0.292 e. The van der Waals surface area contributed by atoms with Gasteiger partial charge in [-0.1, -0.05) is 26.1 Å². The van der Waals surface area contributed by atoms with Crippen LogP contribution in [0.4, 0.5) is 0 Å². The molecule has 0 aromatic carbocycles. The van der Waals surface area contributed by atoms with E-state index in [1.807, 2.05) is 17.5 Å². The maximum Gasteiger partial charge on any atom is 0.255 e. The summed E-state index contributed by atoms with van der Waals surface area (Å²) in [5.74, 6) is 0.825. The molecule has 0 saturated carbocycles. The van der Waals surface area contributed by atoms with E-state index in [1.165, 1.54) is 0 Å². The maximum absolute atomic E-state index is 11.6. The van der Waals surface area contributed by atoms with Gasteiger partial charge in [-0.25, -0.2) is 4.98 Å². The van der Waals surface area contributed by atoms with Crippen LogP contribution in [-0.2, 0) is 0 Å². The summed E-state index contributed by atoms with van der Waals surface area (Å²) in [6.07, 6.45) is 1.97. The summed E-state index contributed by atoms with van der Waals surface area (Å²) in [4.78, 5) is 18.7. The van der Waals surface area contributed by atoms with Gasteiger partial charge >= 0.3 is 0 Å². The minimum absolute atomic E-state index is 0.110. The fraction of sp³-hybridized carbons (Fsp3) is 0.417. The molecule has 2 aromatic rings. The molecule has 0 saturated heterocycles. The number of hydrogen-bond acceptors (Lipinski definition) is 3. The molecule has 17 heavy (non-hydrogen) atoms. The summed E-state index contributed by atoms with van der Waals surface area (Å²) in [7, 11) is 0. The lowest BCUT2D eigenvalue weighted by atomic mass is 10.1. The molecule has 0 fully saturated rings. The molecule has 2 rings (SSSR count). The Morgan fingerprint density at radius 3 is 2.65 bits per heavy atom. The van der Waals surface area contributed by atoms with Crippen LogP contribution in [0, 0.1) is 18.5 Å². The van der Waals surface area contributed by atoms with Gasteiger partial charge in [0.05, 0.1) is 0 Å². The van der Waals surface area contributed by atoms with Gasteiger partial charge in [-0.15, -0.1) is 0 Å². The van der Waals surface area contributed by atoms with Crippen molar-refractivity contribution < 1.29 is 0 Å². The summed E-state index contributed by atoms with van der Waals surface area (Å²) >= 11 is 5.23. The smallest absolute Gasteiger partial charge is 0.255 e. The topological polar surface area (TPSA) is 50.2 Å². The van der Waals surface area contributed by atoms with Crippen molar-refractivity contribution in [2.45, 2.75) is 33.6 Å². The monoisotopic (exact) mass is 249 g/mol. The molecule has 4 nitrogen and oxygen atoms in total. The highest BCUT2D eigenvalue weighted by Crippen LogP contribution is 2.16. The number of aromatic amines is 1. The van der Waals surface area contributed by atoms with Crippen LogP contribution in [-0.4, -0.2) is 14.4 Å². The van der Waals surface area contributed by atoms with Gasteiger partial charge in [0.25, 0.3) is 5.56 Å². The molecule has 2 heterocycles. The lowest BCUT2D eigenvalue weighted by molar-refractivity contribution is 0.820. The number of hydrogen-bond donors (Lipinski definition) is 1. The van der Waals surface area contributed by atoms with E-state index in [4.69, 9.17) is 12.2 Å². The zero-order chi connectivity index (χ0) is 12.7. The molecule has 2 aromatic heterocycles. The molecule has 0 aliphatic heterocycles. The summed E-state index contributed by atoms with van der Waals surface area (Å²) in [6, 6.07) is 0. The Morgan fingerprint density at radius 2 is 2.06 bits per heavy atom. The second-order valence-corrected chi connectivity index (χ2v) is 4.90. The van der Waals surface area contributed by atoms with E-state index >= 15 is 0 Å². The SMILES string of the molecule is Cc1c(C)n2cc(C(C)C)c(=S)nc2[nH]c1=O. The van der Waals surface area contributed by atoms with Crippen molar-refractivity contribution in [1.29, 1.82) is 0 Å². The second kappa shape index (κ2) is 4.07. The molecule has 5 heteroatoms. The Balaban J connectivity index is 2.95. The normalized spacial score (nSPS) is 11.4. The van der Waals surface area contributed by atoms with E-state index in [2.05, 4.69) is 23.8 Å². The largest absolute Gasteiger partial charge is 0.292 e. The number of nitrogens with zero attached hydrogens (tertiary/aromatic N) is 2. The first-order chi connectivity index (χ1) is 7.91. The van der Waals surface area contributed by atoms with Gasteiger partial charge in [0.2, 0.25) is 5.78 Å². The number of nitrogens with one attached hydrogen (secondary N) is 1. The highest BCUT2D eigenvalue weighted by Gasteiger charge is 2.09. The van der Waals surface area contributed by atoms with Crippen molar-refractivity contribution in [1.82, 2.24) is 14.4 Å². The van der Waals surface area contributed by atoms with Gasteiger partial charge in [-0.3, -0.25) is 14.2 Å². The highest BCUT2D eigenvalue weighted by molar-refractivity contribution is 7.71. The number of aryl methyl sites for hydroxylation is 1. The maximum atomic E-state index is 11.6. The van der Waals surface area contributed by atoms with Crippen molar-refractivity contribution in [3.8, 4) is 0 Å². The molecule has 0 amide bonds. The average Bonchev–Trinajstić information content (AvgIpc) is 2.25. The third kappa shape index (κ3) is 1.91. The predicted octanol–water partition coefficient (Wildman–Crippen LogP) is 2.49. The number of aromatic nitrogens is 3. The Morgan fingerprint density at radius 1 is 1.41 bits per heavy atom. The second-order valence-electron chi connectivity index (χ2n) is 4.51. The van der Waals surface area contributed by atoms with Crippen molar-refractivity contribution in [2.24, 2.45) is 0 Å². The van der Waals surface area contributed by atoms with Crippen molar-refractivity contribution >= 4 is 18.0 Å². The van der Waals surface area contributed by atoms with Crippen LogP contribution in [0.3, 0.4) is 0 Å². The Labute approximate surface area is 104 Å². The van der Waals surface area contributed by atoms with Crippen molar-refractivity contribution in [3.05, 3.63) is 38.0 Å². The summed E-state index contributed by atoms with van der Waals surface area (Å²) in [5, 5.41) is 0. The summed E-state index contributed by atoms with van der Waals surface area (Å²) < 4.78 is 2.45. The lowest BCUT2D eigenvalue weighted by Crippen LogP contribution is -2.17. The molecular weight excluding hydrogens is 234 g/mol. The fourth-order valence-electron chi connectivity index (χ4n) is 1.75. The number of rotatable bonds is 1. The molecule has 0 bridgehead atoms. The predicted molar refractivity (Wildman–Crippen MR) is 70.2 cm³/mol. The first-order valence-electron chi connectivity index (χ1n) is 5.54. The summed E-state index contributed by atoms with van der Waals surface area (Å²) in [6.45, 7) is 7.86. The Bertz CT molecular complexity index is 697. The minimum atomic E-state index is -0.110. The average molecular weight is 249 g/mol. The molecule has 0 unspecified atom stereocenters. The fourth-order valence-corrected chi connectivity index (χ4v) is 2.13.